The number of benzene rings is 1. The van der Waals surface area contributed by atoms with Crippen LogP contribution in [0.2, 0.25) is 0 Å². The normalized spacial score (nSPS) is 10.3. The van der Waals surface area contributed by atoms with E-state index in [9.17, 15) is 9.18 Å². The van der Waals surface area contributed by atoms with E-state index in [-0.39, 0.29) is 17.2 Å². The van der Waals surface area contributed by atoms with Crippen molar-refractivity contribution >= 4 is 17.3 Å². The second-order valence-corrected chi connectivity index (χ2v) is 4.57. The number of para-hydroxylation sites is 1. The van der Waals surface area contributed by atoms with Crippen LogP contribution in [0.5, 0.6) is 5.75 Å². The van der Waals surface area contributed by atoms with Crippen molar-refractivity contribution in [3.63, 3.8) is 0 Å². The lowest BCUT2D eigenvalue weighted by atomic mass is 10.3. The fourth-order valence-corrected chi connectivity index (χ4v) is 2.07. The number of thiazole rings is 1. The summed E-state index contributed by atoms with van der Waals surface area (Å²) in [6.07, 6.45) is 1.76. The van der Waals surface area contributed by atoms with Gasteiger partial charge in [0.15, 0.2) is 11.6 Å². The molecule has 6 heteroatoms. The average Bonchev–Trinajstić information content (AvgIpc) is 2.80. The van der Waals surface area contributed by atoms with E-state index >= 15 is 0 Å². The first-order valence-corrected chi connectivity index (χ1v) is 6.04. The third kappa shape index (κ3) is 3.04. The molecule has 0 spiro atoms. The number of ether oxygens (including phenoxy) is 1. The van der Waals surface area contributed by atoms with Gasteiger partial charge in [-0.25, -0.2) is 14.2 Å². The minimum atomic E-state index is -0.992. The molecule has 0 aliphatic heterocycles. The zero-order valence-corrected chi connectivity index (χ0v) is 10.1. The Morgan fingerprint density at radius 3 is 2.89 bits per heavy atom. The summed E-state index contributed by atoms with van der Waals surface area (Å²) >= 11 is 1.10. The number of carboxylic acid groups (broad SMARTS) is 1. The van der Waals surface area contributed by atoms with E-state index in [4.69, 9.17) is 9.84 Å². The smallest absolute Gasteiger partial charge is 0.347 e. The van der Waals surface area contributed by atoms with Crippen molar-refractivity contribution in [1.82, 2.24) is 4.98 Å². The van der Waals surface area contributed by atoms with E-state index in [1.165, 1.54) is 12.3 Å². The van der Waals surface area contributed by atoms with E-state index in [0.717, 1.165) is 11.3 Å². The highest BCUT2D eigenvalue weighted by Crippen LogP contribution is 2.17. The molecule has 1 heterocycles. The summed E-state index contributed by atoms with van der Waals surface area (Å²) in [5, 5.41) is 9.38. The van der Waals surface area contributed by atoms with Crippen molar-refractivity contribution in [2.24, 2.45) is 0 Å². The van der Waals surface area contributed by atoms with Crippen LogP contribution >= 0.6 is 11.3 Å². The third-order valence-electron chi connectivity index (χ3n) is 2.17. The minimum absolute atomic E-state index is 0.188. The molecule has 0 unspecified atom stereocenters. The van der Waals surface area contributed by atoms with Crippen LogP contribution in [0.25, 0.3) is 0 Å². The van der Waals surface area contributed by atoms with Gasteiger partial charge in [-0.2, -0.15) is 0 Å². The Morgan fingerprint density at radius 1 is 1.44 bits per heavy atom. The number of rotatable bonds is 5. The number of nitrogens with zero attached hydrogens (tertiary/aromatic N) is 1. The maximum absolute atomic E-state index is 13.2. The molecular formula is C12H10FNO3S. The van der Waals surface area contributed by atoms with Crippen LogP contribution in [0, 0.1) is 5.82 Å². The van der Waals surface area contributed by atoms with Crippen LogP contribution in [-0.4, -0.2) is 22.7 Å². The van der Waals surface area contributed by atoms with Crippen LogP contribution in [-0.2, 0) is 6.42 Å². The largest absolute Gasteiger partial charge is 0.490 e. The number of aromatic carboxylic acids is 1. The summed E-state index contributed by atoms with van der Waals surface area (Å²) in [4.78, 5) is 14.8. The SMILES string of the molecule is O=C(O)c1cnc(CCOc2ccccc2F)s1. The van der Waals surface area contributed by atoms with Gasteiger partial charge in [0.1, 0.15) is 4.88 Å². The van der Waals surface area contributed by atoms with Crippen LogP contribution in [0.15, 0.2) is 30.5 Å². The van der Waals surface area contributed by atoms with Gasteiger partial charge in [0.25, 0.3) is 0 Å². The first-order valence-electron chi connectivity index (χ1n) is 5.22. The first kappa shape index (κ1) is 12.5. The van der Waals surface area contributed by atoms with E-state index in [2.05, 4.69) is 4.98 Å². The molecule has 0 aliphatic rings. The highest BCUT2D eigenvalue weighted by atomic mass is 32.1. The Bertz CT molecular complexity index is 556. The molecule has 94 valence electrons. The first-order chi connectivity index (χ1) is 8.66. The summed E-state index contributed by atoms with van der Waals surface area (Å²) in [7, 11) is 0. The molecule has 0 bridgehead atoms. The summed E-state index contributed by atoms with van der Waals surface area (Å²) < 4.78 is 18.5. The molecular weight excluding hydrogens is 257 g/mol. The average molecular weight is 267 g/mol. The van der Waals surface area contributed by atoms with Crippen LogP contribution in [0.1, 0.15) is 14.7 Å². The lowest BCUT2D eigenvalue weighted by Gasteiger charge is -2.05. The molecule has 0 fully saturated rings. The topological polar surface area (TPSA) is 59.4 Å². The lowest BCUT2D eigenvalue weighted by molar-refractivity contribution is 0.0702. The van der Waals surface area contributed by atoms with E-state index in [1.807, 2.05) is 0 Å². The van der Waals surface area contributed by atoms with Gasteiger partial charge in [0.2, 0.25) is 0 Å². The van der Waals surface area contributed by atoms with Crippen molar-refractivity contribution in [3.8, 4) is 5.75 Å². The van der Waals surface area contributed by atoms with E-state index in [1.54, 1.807) is 18.2 Å². The third-order valence-corrected chi connectivity index (χ3v) is 3.22. The summed E-state index contributed by atoms with van der Waals surface area (Å²) in [6, 6.07) is 6.13. The molecule has 0 saturated carbocycles. The van der Waals surface area contributed by atoms with Gasteiger partial charge >= 0.3 is 5.97 Å². The molecule has 1 aromatic carbocycles. The highest BCUT2D eigenvalue weighted by Gasteiger charge is 2.08. The fraction of sp³-hybridized carbons (Fsp3) is 0.167. The van der Waals surface area contributed by atoms with Crippen molar-refractivity contribution in [2.45, 2.75) is 6.42 Å². The van der Waals surface area contributed by atoms with Crippen molar-refractivity contribution in [3.05, 3.63) is 46.2 Å². The Balaban J connectivity index is 1.88. The van der Waals surface area contributed by atoms with Gasteiger partial charge in [-0.3, -0.25) is 0 Å². The maximum Gasteiger partial charge on any atom is 0.347 e. The van der Waals surface area contributed by atoms with Gasteiger partial charge in [0.05, 0.1) is 17.8 Å². The summed E-state index contributed by atoms with van der Waals surface area (Å²) in [5.41, 5.74) is 0. The molecule has 1 N–H and O–H groups in total. The van der Waals surface area contributed by atoms with Crippen molar-refractivity contribution < 1.29 is 19.0 Å². The zero-order valence-electron chi connectivity index (χ0n) is 9.30. The van der Waals surface area contributed by atoms with Gasteiger partial charge < -0.3 is 9.84 Å². The highest BCUT2D eigenvalue weighted by molar-refractivity contribution is 7.13. The van der Waals surface area contributed by atoms with E-state index in [0.29, 0.717) is 11.4 Å². The van der Waals surface area contributed by atoms with Crippen molar-refractivity contribution in [2.75, 3.05) is 6.61 Å². The van der Waals surface area contributed by atoms with E-state index < -0.39 is 11.8 Å². The van der Waals surface area contributed by atoms with Gasteiger partial charge in [-0.05, 0) is 12.1 Å². The molecule has 2 aromatic rings. The van der Waals surface area contributed by atoms with Gasteiger partial charge in [-0.1, -0.05) is 12.1 Å². The summed E-state index contributed by atoms with van der Waals surface area (Å²) in [6.45, 7) is 0.257. The Labute approximate surface area is 107 Å². The second kappa shape index (κ2) is 5.59. The number of carboxylic acids is 1. The second-order valence-electron chi connectivity index (χ2n) is 3.45. The molecule has 0 atom stereocenters. The van der Waals surface area contributed by atoms with Crippen LogP contribution in [0.3, 0.4) is 0 Å². The Hall–Kier alpha value is -1.95. The number of hydrogen-bond donors (Lipinski definition) is 1. The quantitative estimate of drug-likeness (QED) is 0.904. The van der Waals surface area contributed by atoms with Crippen LogP contribution < -0.4 is 4.74 Å². The van der Waals surface area contributed by atoms with Gasteiger partial charge in [-0.15, -0.1) is 11.3 Å². The molecule has 0 saturated heterocycles. The van der Waals surface area contributed by atoms with Crippen LogP contribution in [0.4, 0.5) is 4.39 Å². The number of aromatic nitrogens is 1. The monoisotopic (exact) mass is 267 g/mol. The molecule has 0 amide bonds. The predicted octanol–water partition coefficient (Wildman–Crippen LogP) is 2.60. The maximum atomic E-state index is 13.2. The zero-order chi connectivity index (χ0) is 13.0. The molecule has 4 nitrogen and oxygen atoms in total. The Kier molecular flexibility index (Phi) is 3.88. The van der Waals surface area contributed by atoms with Gasteiger partial charge in [0, 0.05) is 6.42 Å². The number of hydrogen-bond acceptors (Lipinski definition) is 4. The molecule has 0 radical (unpaired) electrons. The Morgan fingerprint density at radius 2 is 2.22 bits per heavy atom. The molecule has 2 rings (SSSR count). The summed E-state index contributed by atoms with van der Waals surface area (Å²) in [5.74, 6) is -1.22. The van der Waals surface area contributed by atoms with Crippen molar-refractivity contribution in [1.29, 1.82) is 0 Å². The lowest BCUT2D eigenvalue weighted by Crippen LogP contribution is -2.02. The number of carbonyl (C=O) groups is 1. The molecule has 18 heavy (non-hydrogen) atoms. The standard InChI is InChI=1S/C12H10FNO3S/c13-8-3-1-2-4-9(8)17-6-5-11-14-7-10(18-11)12(15)16/h1-4,7H,5-6H2,(H,15,16). The molecule has 1 aromatic heterocycles. The fourth-order valence-electron chi connectivity index (χ4n) is 1.33. The molecule has 0 aliphatic carbocycles. The predicted molar refractivity (Wildman–Crippen MR) is 64.7 cm³/mol. The number of halogens is 1. The minimum Gasteiger partial charge on any atom is -0.490 e.